The van der Waals surface area contributed by atoms with Crippen molar-refractivity contribution >= 4 is 15.7 Å². The molecule has 0 aliphatic carbocycles. The van der Waals surface area contributed by atoms with E-state index in [1.807, 2.05) is 0 Å². The quantitative estimate of drug-likeness (QED) is 0.909. The summed E-state index contributed by atoms with van der Waals surface area (Å²) < 4.78 is 40.2. The predicted molar refractivity (Wildman–Crippen MR) is 76.3 cm³/mol. The fourth-order valence-electron chi connectivity index (χ4n) is 1.71. The summed E-state index contributed by atoms with van der Waals surface area (Å²) in [6.45, 7) is 2.06. The SMILES string of the molecule is Cc1ccc(NS(=O)(=O)c2ccc(CN)cc2)c(F)c1. The molecule has 20 heavy (non-hydrogen) atoms. The second-order valence-corrected chi connectivity index (χ2v) is 6.12. The van der Waals surface area contributed by atoms with Gasteiger partial charge in [-0.1, -0.05) is 18.2 Å². The van der Waals surface area contributed by atoms with Crippen molar-refractivity contribution in [2.45, 2.75) is 18.4 Å². The van der Waals surface area contributed by atoms with Crippen LogP contribution in [-0.2, 0) is 16.6 Å². The molecular formula is C14H15FN2O2S. The Morgan fingerprint density at radius 3 is 2.35 bits per heavy atom. The maximum Gasteiger partial charge on any atom is 0.261 e. The van der Waals surface area contributed by atoms with E-state index in [1.54, 1.807) is 25.1 Å². The zero-order valence-corrected chi connectivity index (χ0v) is 11.7. The number of sulfonamides is 1. The topological polar surface area (TPSA) is 72.2 Å². The van der Waals surface area contributed by atoms with Crippen LogP contribution in [-0.4, -0.2) is 8.42 Å². The number of aryl methyl sites for hydroxylation is 1. The van der Waals surface area contributed by atoms with Gasteiger partial charge in [-0.3, -0.25) is 4.72 Å². The lowest BCUT2D eigenvalue weighted by atomic mass is 10.2. The van der Waals surface area contributed by atoms with E-state index in [9.17, 15) is 12.8 Å². The third-order valence-electron chi connectivity index (χ3n) is 2.84. The summed E-state index contributed by atoms with van der Waals surface area (Å²) >= 11 is 0. The van der Waals surface area contributed by atoms with E-state index in [-0.39, 0.29) is 10.6 Å². The summed E-state index contributed by atoms with van der Waals surface area (Å²) in [5, 5.41) is 0. The van der Waals surface area contributed by atoms with E-state index in [2.05, 4.69) is 4.72 Å². The van der Waals surface area contributed by atoms with Crippen LogP contribution in [0.1, 0.15) is 11.1 Å². The molecule has 0 unspecified atom stereocenters. The van der Waals surface area contributed by atoms with Crippen molar-refractivity contribution in [1.29, 1.82) is 0 Å². The average molecular weight is 294 g/mol. The molecule has 4 nitrogen and oxygen atoms in total. The number of nitrogens with one attached hydrogen (secondary N) is 1. The fraction of sp³-hybridized carbons (Fsp3) is 0.143. The van der Waals surface area contributed by atoms with Crippen LogP contribution >= 0.6 is 0 Å². The van der Waals surface area contributed by atoms with E-state index in [0.717, 1.165) is 11.1 Å². The molecule has 0 radical (unpaired) electrons. The van der Waals surface area contributed by atoms with Gasteiger partial charge in [0.2, 0.25) is 0 Å². The normalized spacial score (nSPS) is 11.3. The fourth-order valence-corrected chi connectivity index (χ4v) is 2.78. The van der Waals surface area contributed by atoms with Gasteiger partial charge in [0.15, 0.2) is 0 Å². The second-order valence-electron chi connectivity index (χ2n) is 4.44. The molecule has 0 spiro atoms. The monoisotopic (exact) mass is 294 g/mol. The molecular weight excluding hydrogens is 279 g/mol. The molecule has 0 bridgehead atoms. The molecule has 0 saturated heterocycles. The Morgan fingerprint density at radius 2 is 1.80 bits per heavy atom. The summed E-state index contributed by atoms with van der Waals surface area (Å²) in [6.07, 6.45) is 0. The Kier molecular flexibility index (Phi) is 4.06. The number of rotatable bonds is 4. The first-order chi connectivity index (χ1) is 9.42. The summed E-state index contributed by atoms with van der Waals surface area (Å²) in [6, 6.07) is 10.4. The first-order valence-corrected chi connectivity index (χ1v) is 7.48. The number of halogens is 1. The highest BCUT2D eigenvalue weighted by Crippen LogP contribution is 2.20. The van der Waals surface area contributed by atoms with Crippen molar-refractivity contribution in [3.8, 4) is 0 Å². The number of anilines is 1. The molecule has 0 amide bonds. The molecule has 0 aliphatic rings. The molecule has 0 aliphatic heterocycles. The largest absolute Gasteiger partial charge is 0.326 e. The third-order valence-corrected chi connectivity index (χ3v) is 4.22. The molecule has 0 aromatic heterocycles. The van der Waals surface area contributed by atoms with E-state index in [0.29, 0.717) is 6.54 Å². The Hall–Kier alpha value is -1.92. The van der Waals surface area contributed by atoms with Crippen LogP contribution in [0.3, 0.4) is 0 Å². The summed E-state index contributed by atoms with van der Waals surface area (Å²) in [5.41, 5.74) is 6.93. The van der Waals surface area contributed by atoms with Gasteiger partial charge in [0.25, 0.3) is 10.0 Å². The number of hydrogen-bond acceptors (Lipinski definition) is 3. The van der Waals surface area contributed by atoms with Crippen LogP contribution < -0.4 is 10.5 Å². The molecule has 3 N–H and O–H groups in total. The molecule has 106 valence electrons. The van der Waals surface area contributed by atoms with Gasteiger partial charge in [-0.15, -0.1) is 0 Å². The highest BCUT2D eigenvalue weighted by atomic mass is 32.2. The van der Waals surface area contributed by atoms with E-state index in [4.69, 9.17) is 5.73 Å². The van der Waals surface area contributed by atoms with Crippen LogP contribution in [0.25, 0.3) is 0 Å². The van der Waals surface area contributed by atoms with Gasteiger partial charge in [-0.25, -0.2) is 12.8 Å². The van der Waals surface area contributed by atoms with Crippen molar-refractivity contribution < 1.29 is 12.8 Å². The minimum absolute atomic E-state index is 0.0645. The first kappa shape index (κ1) is 14.5. The van der Waals surface area contributed by atoms with E-state index in [1.165, 1.54) is 24.3 Å². The van der Waals surface area contributed by atoms with Gasteiger partial charge in [0, 0.05) is 6.54 Å². The molecule has 2 rings (SSSR count). The maximum atomic E-state index is 13.7. The van der Waals surface area contributed by atoms with Crippen molar-refractivity contribution in [3.05, 3.63) is 59.4 Å². The number of hydrogen-bond donors (Lipinski definition) is 2. The summed E-state index contributed by atoms with van der Waals surface area (Å²) in [7, 11) is -3.80. The third kappa shape index (κ3) is 3.15. The zero-order chi connectivity index (χ0) is 14.8. The zero-order valence-electron chi connectivity index (χ0n) is 10.9. The van der Waals surface area contributed by atoms with Crippen molar-refractivity contribution in [1.82, 2.24) is 0 Å². The Morgan fingerprint density at radius 1 is 1.15 bits per heavy atom. The Balaban J connectivity index is 2.30. The molecule has 0 fully saturated rings. The van der Waals surface area contributed by atoms with Crippen molar-refractivity contribution in [2.24, 2.45) is 5.73 Å². The van der Waals surface area contributed by atoms with Gasteiger partial charge in [-0.05, 0) is 42.3 Å². The summed E-state index contributed by atoms with van der Waals surface area (Å²) in [4.78, 5) is 0.0645. The van der Waals surface area contributed by atoms with Gasteiger partial charge < -0.3 is 5.73 Å². The standard InChI is InChI=1S/C14H15FN2O2S/c1-10-2-7-14(13(15)8-10)17-20(18,19)12-5-3-11(9-16)4-6-12/h2-8,17H,9,16H2,1H3. The minimum Gasteiger partial charge on any atom is -0.326 e. The van der Waals surface area contributed by atoms with Crippen molar-refractivity contribution in [2.75, 3.05) is 4.72 Å². The van der Waals surface area contributed by atoms with Crippen LogP contribution in [0.15, 0.2) is 47.4 Å². The van der Waals surface area contributed by atoms with Crippen LogP contribution in [0, 0.1) is 12.7 Å². The van der Waals surface area contributed by atoms with Crippen LogP contribution in [0.2, 0.25) is 0 Å². The van der Waals surface area contributed by atoms with E-state index < -0.39 is 15.8 Å². The molecule has 0 atom stereocenters. The Bertz CT molecular complexity index is 712. The number of nitrogens with two attached hydrogens (primary N) is 1. The smallest absolute Gasteiger partial charge is 0.261 e. The highest BCUT2D eigenvalue weighted by molar-refractivity contribution is 7.92. The molecule has 2 aromatic carbocycles. The lowest BCUT2D eigenvalue weighted by Gasteiger charge is -2.09. The summed E-state index contributed by atoms with van der Waals surface area (Å²) in [5.74, 6) is -0.604. The van der Waals surface area contributed by atoms with Gasteiger partial charge in [-0.2, -0.15) is 0 Å². The van der Waals surface area contributed by atoms with Gasteiger partial charge >= 0.3 is 0 Å². The highest BCUT2D eigenvalue weighted by Gasteiger charge is 2.16. The Labute approximate surface area is 117 Å². The van der Waals surface area contributed by atoms with Crippen LogP contribution in [0.4, 0.5) is 10.1 Å². The predicted octanol–water partition coefficient (Wildman–Crippen LogP) is 2.39. The maximum absolute atomic E-state index is 13.7. The first-order valence-electron chi connectivity index (χ1n) is 6.00. The molecule has 0 heterocycles. The lowest BCUT2D eigenvalue weighted by molar-refractivity contribution is 0.598. The average Bonchev–Trinajstić information content (AvgIpc) is 2.42. The molecule has 6 heteroatoms. The van der Waals surface area contributed by atoms with E-state index >= 15 is 0 Å². The molecule has 2 aromatic rings. The number of benzene rings is 2. The van der Waals surface area contributed by atoms with Gasteiger partial charge in [0.1, 0.15) is 5.82 Å². The van der Waals surface area contributed by atoms with Crippen LogP contribution in [0.5, 0.6) is 0 Å². The van der Waals surface area contributed by atoms with Crippen molar-refractivity contribution in [3.63, 3.8) is 0 Å². The second kappa shape index (κ2) is 5.60. The lowest BCUT2D eigenvalue weighted by Crippen LogP contribution is -2.14. The minimum atomic E-state index is -3.80. The molecule has 0 saturated carbocycles. The van der Waals surface area contributed by atoms with Gasteiger partial charge in [0.05, 0.1) is 10.6 Å².